The molecule has 0 saturated carbocycles. The van der Waals surface area contributed by atoms with Crippen LogP contribution in [0.25, 0.3) is 0 Å². The third-order valence-corrected chi connectivity index (χ3v) is 4.19. The van der Waals surface area contributed by atoms with E-state index >= 15 is 0 Å². The Morgan fingerprint density at radius 1 is 1.00 bits per heavy atom. The van der Waals surface area contributed by atoms with Gasteiger partial charge in [-0.2, -0.15) is 0 Å². The second-order valence-corrected chi connectivity index (χ2v) is 6.64. The summed E-state index contributed by atoms with van der Waals surface area (Å²) < 4.78 is 7.69. The molecule has 0 bridgehead atoms. The van der Waals surface area contributed by atoms with Gasteiger partial charge in [0.05, 0.1) is 0 Å². The van der Waals surface area contributed by atoms with Crippen molar-refractivity contribution in [2.75, 3.05) is 0 Å². The molecule has 0 N–H and O–H groups in total. The topological polar surface area (TPSA) is 30.2 Å². The van der Waals surface area contributed by atoms with E-state index in [0.29, 0.717) is 12.1 Å². The first kappa shape index (κ1) is 20.4. The number of unbranched alkanes of at least 4 members (excludes halogenated alkanes) is 7. The molecule has 3 nitrogen and oxygen atoms in total. The Balaban J connectivity index is 2.33. The molecule has 24 heavy (non-hydrogen) atoms. The predicted molar refractivity (Wildman–Crippen MR) is 98.6 cm³/mol. The van der Waals surface area contributed by atoms with E-state index in [1.54, 1.807) is 6.92 Å². The Hall–Kier alpha value is -1.64. The van der Waals surface area contributed by atoms with Crippen molar-refractivity contribution < 1.29 is 14.1 Å². The average molecular weight is 333 g/mol. The molecule has 1 rings (SSSR count). The van der Waals surface area contributed by atoms with Crippen molar-refractivity contribution in [2.45, 2.75) is 84.3 Å². The molecule has 1 atom stereocenters. The number of aromatic nitrogens is 1. The van der Waals surface area contributed by atoms with Gasteiger partial charge in [0, 0.05) is 17.7 Å². The van der Waals surface area contributed by atoms with Gasteiger partial charge in [-0.25, -0.2) is 9.36 Å². The number of carbonyl (C=O) groups excluding carboxylic acids is 1. The molecule has 1 aromatic rings. The molecule has 1 unspecified atom stereocenters. The third-order valence-electron chi connectivity index (χ3n) is 4.19. The molecule has 0 saturated heterocycles. The monoisotopic (exact) mass is 332 g/mol. The summed E-state index contributed by atoms with van der Waals surface area (Å²) in [6, 6.07) is 5.98. The van der Waals surface area contributed by atoms with Crippen LogP contribution in [0.2, 0.25) is 0 Å². The summed E-state index contributed by atoms with van der Waals surface area (Å²) >= 11 is 0. The van der Waals surface area contributed by atoms with Crippen molar-refractivity contribution in [1.82, 2.24) is 0 Å². The first-order chi connectivity index (χ1) is 11.6. The molecule has 0 aliphatic carbocycles. The third kappa shape index (κ3) is 9.49. The standard InChI is InChI=1S/C21H34NO2/c1-4-5-6-7-8-9-10-12-15-20(24-21(23)19(2)3)18-22-16-13-11-14-17-22/h11,13-14,16-17,20H,2,4-10,12,15,18H2,1,3H3/q+1. The summed E-state index contributed by atoms with van der Waals surface area (Å²) in [7, 11) is 0. The van der Waals surface area contributed by atoms with E-state index < -0.39 is 0 Å². The van der Waals surface area contributed by atoms with Crippen LogP contribution in [0.3, 0.4) is 0 Å². The van der Waals surface area contributed by atoms with Gasteiger partial charge in [0.1, 0.15) is 0 Å². The number of rotatable bonds is 13. The zero-order chi connectivity index (χ0) is 17.6. The van der Waals surface area contributed by atoms with Crippen LogP contribution >= 0.6 is 0 Å². The summed E-state index contributed by atoms with van der Waals surface area (Å²) in [4.78, 5) is 11.8. The van der Waals surface area contributed by atoms with Crippen LogP contribution in [0.1, 0.15) is 71.6 Å². The molecule has 0 radical (unpaired) electrons. The number of nitrogens with zero attached hydrogens (tertiary/aromatic N) is 1. The van der Waals surface area contributed by atoms with Crippen LogP contribution in [-0.2, 0) is 16.1 Å². The van der Waals surface area contributed by atoms with Crippen LogP contribution in [0.5, 0.6) is 0 Å². The second kappa shape index (κ2) is 12.7. The Bertz CT molecular complexity index is 470. The van der Waals surface area contributed by atoms with Crippen molar-refractivity contribution in [3.8, 4) is 0 Å². The molecule has 0 aromatic carbocycles. The number of ether oxygens (including phenoxy) is 1. The Labute approximate surface area is 147 Å². The van der Waals surface area contributed by atoms with Gasteiger partial charge in [0.2, 0.25) is 0 Å². The number of pyridine rings is 1. The zero-order valence-electron chi connectivity index (χ0n) is 15.5. The van der Waals surface area contributed by atoms with E-state index in [-0.39, 0.29) is 12.1 Å². The summed E-state index contributed by atoms with van der Waals surface area (Å²) in [6.45, 7) is 8.33. The summed E-state index contributed by atoms with van der Waals surface area (Å²) in [5, 5.41) is 0. The normalized spacial score (nSPS) is 11.9. The van der Waals surface area contributed by atoms with E-state index in [2.05, 4.69) is 18.1 Å². The summed E-state index contributed by atoms with van der Waals surface area (Å²) in [6.07, 6.45) is 15.1. The first-order valence-electron chi connectivity index (χ1n) is 9.44. The number of carbonyl (C=O) groups is 1. The first-order valence-corrected chi connectivity index (χ1v) is 9.44. The minimum absolute atomic E-state index is 0.0818. The largest absolute Gasteiger partial charge is 0.452 e. The molecule has 3 heteroatoms. The van der Waals surface area contributed by atoms with Gasteiger partial charge in [-0.15, -0.1) is 0 Å². The van der Waals surface area contributed by atoms with E-state index in [0.717, 1.165) is 12.8 Å². The van der Waals surface area contributed by atoms with Crippen molar-refractivity contribution >= 4 is 5.97 Å². The van der Waals surface area contributed by atoms with Crippen molar-refractivity contribution in [1.29, 1.82) is 0 Å². The molecule has 1 heterocycles. The van der Waals surface area contributed by atoms with E-state index in [9.17, 15) is 4.79 Å². The predicted octanol–water partition coefficient (Wildman–Crippen LogP) is 4.99. The lowest BCUT2D eigenvalue weighted by molar-refractivity contribution is -0.703. The van der Waals surface area contributed by atoms with Crippen LogP contribution < -0.4 is 4.57 Å². The van der Waals surface area contributed by atoms with Gasteiger partial charge < -0.3 is 4.74 Å². The summed E-state index contributed by atoms with van der Waals surface area (Å²) in [5.74, 6) is -0.281. The SMILES string of the molecule is C=C(C)C(=O)OC(CCCCCCCCCC)C[n+]1ccccc1. The van der Waals surface area contributed by atoms with Crippen LogP contribution in [0, 0.1) is 0 Å². The van der Waals surface area contributed by atoms with Crippen molar-refractivity contribution in [3.63, 3.8) is 0 Å². The number of esters is 1. The Kier molecular flexibility index (Phi) is 10.8. The molecular weight excluding hydrogens is 298 g/mol. The van der Waals surface area contributed by atoms with E-state index in [1.165, 1.54) is 44.9 Å². The summed E-state index contributed by atoms with van der Waals surface area (Å²) in [5.41, 5.74) is 0.467. The highest BCUT2D eigenvalue weighted by atomic mass is 16.5. The maximum absolute atomic E-state index is 11.8. The molecular formula is C21H34NO2+. The Morgan fingerprint density at radius 2 is 1.58 bits per heavy atom. The fourth-order valence-electron chi connectivity index (χ4n) is 2.74. The lowest BCUT2D eigenvalue weighted by Crippen LogP contribution is -2.41. The lowest BCUT2D eigenvalue weighted by Gasteiger charge is -2.15. The number of hydrogen-bond donors (Lipinski definition) is 0. The maximum atomic E-state index is 11.8. The van der Waals surface area contributed by atoms with Gasteiger partial charge in [0.15, 0.2) is 25.0 Å². The van der Waals surface area contributed by atoms with E-state index in [4.69, 9.17) is 4.74 Å². The van der Waals surface area contributed by atoms with Gasteiger partial charge in [-0.05, 0) is 19.8 Å². The second-order valence-electron chi connectivity index (χ2n) is 6.64. The Morgan fingerprint density at radius 3 is 2.17 bits per heavy atom. The van der Waals surface area contributed by atoms with Crippen LogP contribution in [0.15, 0.2) is 42.7 Å². The van der Waals surface area contributed by atoms with Gasteiger partial charge in [-0.3, -0.25) is 0 Å². The molecule has 0 fully saturated rings. The van der Waals surface area contributed by atoms with Crippen molar-refractivity contribution in [2.24, 2.45) is 0 Å². The zero-order valence-corrected chi connectivity index (χ0v) is 15.5. The van der Waals surface area contributed by atoms with Crippen LogP contribution in [0.4, 0.5) is 0 Å². The van der Waals surface area contributed by atoms with E-state index in [1.807, 2.05) is 30.6 Å². The molecule has 0 aliphatic heterocycles. The molecule has 0 amide bonds. The molecule has 0 aliphatic rings. The fourth-order valence-corrected chi connectivity index (χ4v) is 2.74. The van der Waals surface area contributed by atoms with Crippen LogP contribution in [-0.4, -0.2) is 12.1 Å². The maximum Gasteiger partial charge on any atom is 0.333 e. The molecule has 1 aromatic heterocycles. The van der Waals surface area contributed by atoms with Gasteiger partial charge in [-0.1, -0.05) is 64.5 Å². The van der Waals surface area contributed by atoms with Gasteiger partial charge >= 0.3 is 5.97 Å². The molecule has 134 valence electrons. The highest BCUT2D eigenvalue weighted by molar-refractivity contribution is 5.87. The fraction of sp³-hybridized carbons (Fsp3) is 0.619. The van der Waals surface area contributed by atoms with Crippen molar-refractivity contribution in [3.05, 3.63) is 42.7 Å². The highest BCUT2D eigenvalue weighted by Gasteiger charge is 2.19. The lowest BCUT2D eigenvalue weighted by atomic mass is 10.1. The highest BCUT2D eigenvalue weighted by Crippen LogP contribution is 2.13. The average Bonchev–Trinajstić information content (AvgIpc) is 2.58. The minimum Gasteiger partial charge on any atom is -0.452 e. The molecule has 0 spiro atoms. The minimum atomic E-state index is -0.281. The number of hydrogen-bond acceptors (Lipinski definition) is 2. The van der Waals surface area contributed by atoms with Gasteiger partial charge in [0.25, 0.3) is 0 Å². The quantitative estimate of drug-likeness (QED) is 0.220. The smallest absolute Gasteiger partial charge is 0.333 e.